The molecule has 1 N–H and O–H groups in total. The van der Waals surface area contributed by atoms with E-state index >= 15 is 0 Å². The van der Waals surface area contributed by atoms with Crippen molar-refractivity contribution in [2.24, 2.45) is 7.05 Å². The predicted molar refractivity (Wildman–Crippen MR) is 78.8 cm³/mol. The average Bonchev–Trinajstić information content (AvgIpc) is 3.10. The van der Waals surface area contributed by atoms with E-state index in [4.69, 9.17) is 27.6 Å². The van der Waals surface area contributed by atoms with Crippen molar-refractivity contribution >= 4 is 46.5 Å². The van der Waals surface area contributed by atoms with Gasteiger partial charge in [0.2, 0.25) is 0 Å². The Hall–Kier alpha value is -1.90. The molecule has 10 heteroatoms. The maximum Gasteiger partial charge on any atom is 0.322 e. The maximum absolute atomic E-state index is 12.0. The van der Waals surface area contributed by atoms with E-state index in [2.05, 4.69) is 20.6 Å². The lowest BCUT2D eigenvalue weighted by molar-refractivity contribution is 0.102. The average molecular weight is 344 g/mol. The molecule has 0 saturated heterocycles. The van der Waals surface area contributed by atoms with E-state index in [9.17, 15) is 4.79 Å². The van der Waals surface area contributed by atoms with Gasteiger partial charge >= 0.3 is 6.01 Å². The number of aryl methyl sites for hydroxylation is 1. The number of rotatable bonds is 3. The monoisotopic (exact) mass is 343 g/mol. The summed E-state index contributed by atoms with van der Waals surface area (Å²) in [5.74, 6) is -0.264. The summed E-state index contributed by atoms with van der Waals surface area (Å²) in [5, 5.41) is 14.1. The van der Waals surface area contributed by atoms with Crippen LogP contribution in [-0.4, -0.2) is 25.9 Å². The summed E-state index contributed by atoms with van der Waals surface area (Å²) in [5.41, 5.74) is 0.770. The molecule has 0 aliphatic carbocycles. The van der Waals surface area contributed by atoms with Gasteiger partial charge in [0.15, 0.2) is 0 Å². The summed E-state index contributed by atoms with van der Waals surface area (Å²) < 4.78 is 7.64. The first kappa shape index (κ1) is 14.1. The fraction of sp³-hybridized carbons (Fsp3) is 0.0909. The zero-order valence-corrected chi connectivity index (χ0v) is 12.8. The number of nitrogens with one attached hydrogen (secondary N) is 1. The minimum Gasteiger partial charge on any atom is -0.401 e. The molecule has 0 aliphatic heterocycles. The SMILES string of the molecule is Cn1ccc(-c2nnc(NC(=O)c3cc(Cl)sc3Cl)o2)n1. The van der Waals surface area contributed by atoms with Crippen molar-refractivity contribution in [3.8, 4) is 11.6 Å². The highest BCUT2D eigenvalue weighted by Gasteiger charge is 2.18. The summed E-state index contributed by atoms with van der Waals surface area (Å²) in [4.78, 5) is 12.0. The Morgan fingerprint density at radius 3 is 2.86 bits per heavy atom. The molecule has 3 rings (SSSR count). The van der Waals surface area contributed by atoms with E-state index in [1.54, 1.807) is 24.0 Å². The third kappa shape index (κ3) is 2.92. The van der Waals surface area contributed by atoms with Gasteiger partial charge in [-0.05, 0) is 12.1 Å². The minimum absolute atomic E-state index is 0.0426. The first-order valence-corrected chi connectivity index (χ1v) is 7.20. The van der Waals surface area contributed by atoms with E-state index in [-0.39, 0.29) is 17.5 Å². The molecule has 7 nitrogen and oxygen atoms in total. The molecule has 0 spiro atoms. The molecule has 3 aromatic rings. The second kappa shape index (κ2) is 5.47. The Bertz CT molecular complexity index is 809. The molecule has 21 heavy (non-hydrogen) atoms. The summed E-state index contributed by atoms with van der Waals surface area (Å²) in [6, 6.07) is 3.15. The van der Waals surface area contributed by atoms with Crippen molar-refractivity contribution in [3.63, 3.8) is 0 Å². The number of carbonyl (C=O) groups excluding carboxylic acids is 1. The van der Waals surface area contributed by atoms with Crippen LogP contribution in [0.4, 0.5) is 6.01 Å². The van der Waals surface area contributed by atoms with Crippen LogP contribution in [0.3, 0.4) is 0 Å². The molecule has 0 bridgehead atoms. The molecule has 0 saturated carbocycles. The number of nitrogens with zero attached hydrogens (tertiary/aromatic N) is 4. The number of hydrogen-bond acceptors (Lipinski definition) is 6. The molecule has 0 aromatic carbocycles. The Labute approximate surface area is 132 Å². The molecule has 108 valence electrons. The van der Waals surface area contributed by atoms with Crippen molar-refractivity contribution in [1.29, 1.82) is 0 Å². The lowest BCUT2D eigenvalue weighted by Gasteiger charge is -1.97. The Morgan fingerprint density at radius 2 is 2.24 bits per heavy atom. The number of carbonyl (C=O) groups is 1. The highest BCUT2D eigenvalue weighted by atomic mass is 35.5. The standard InChI is InChI=1S/C11H7Cl2N5O2S/c1-18-3-2-6(17-18)10-15-16-11(20-10)14-9(19)5-4-7(12)21-8(5)13/h2-4H,1H3,(H,14,16,19). The number of aromatic nitrogens is 4. The third-order valence-electron chi connectivity index (χ3n) is 2.48. The lowest BCUT2D eigenvalue weighted by Crippen LogP contribution is -2.11. The summed E-state index contributed by atoms with van der Waals surface area (Å²) in [6.07, 6.45) is 1.74. The molecule has 3 aromatic heterocycles. The van der Waals surface area contributed by atoms with Crippen LogP contribution in [0, 0.1) is 0 Å². The van der Waals surface area contributed by atoms with Crippen LogP contribution >= 0.6 is 34.5 Å². The quantitative estimate of drug-likeness (QED) is 0.789. The summed E-state index contributed by atoms with van der Waals surface area (Å²) in [6.45, 7) is 0. The highest BCUT2D eigenvalue weighted by molar-refractivity contribution is 7.20. The predicted octanol–water partition coefficient (Wildman–Crippen LogP) is 3.09. The molecular weight excluding hydrogens is 337 g/mol. The number of amides is 1. The molecule has 3 heterocycles. The molecule has 0 aliphatic rings. The van der Waals surface area contributed by atoms with Crippen LogP contribution < -0.4 is 5.32 Å². The highest BCUT2D eigenvalue weighted by Crippen LogP contribution is 2.31. The number of halogens is 2. The Kier molecular flexibility index (Phi) is 3.66. The van der Waals surface area contributed by atoms with Crippen molar-refractivity contribution < 1.29 is 9.21 Å². The number of hydrogen-bond donors (Lipinski definition) is 1. The van der Waals surface area contributed by atoms with Gasteiger partial charge < -0.3 is 4.42 Å². The van der Waals surface area contributed by atoms with Gasteiger partial charge in [-0.3, -0.25) is 14.8 Å². The van der Waals surface area contributed by atoms with E-state index in [1.807, 2.05) is 0 Å². The van der Waals surface area contributed by atoms with E-state index < -0.39 is 5.91 Å². The normalized spacial score (nSPS) is 10.8. The fourth-order valence-electron chi connectivity index (χ4n) is 1.57. The van der Waals surface area contributed by atoms with Crippen LogP contribution in [-0.2, 0) is 7.05 Å². The van der Waals surface area contributed by atoms with Gasteiger partial charge in [0.05, 0.1) is 9.90 Å². The van der Waals surface area contributed by atoms with Crippen molar-refractivity contribution in [1.82, 2.24) is 20.0 Å². The van der Waals surface area contributed by atoms with E-state index in [0.717, 1.165) is 11.3 Å². The Balaban J connectivity index is 1.78. The second-order valence-electron chi connectivity index (χ2n) is 3.98. The zero-order valence-electron chi connectivity index (χ0n) is 10.5. The lowest BCUT2D eigenvalue weighted by atomic mass is 10.3. The van der Waals surface area contributed by atoms with Crippen molar-refractivity contribution in [2.45, 2.75) is 0 Å². The van der Waals surface area contributed by atoms with Gasteiger partial charge in [-0.1, -0.05) is 28.3 Å². The molecule has 1 amide bonds. The third-order valence-corrected chi connectivity index (χ3v) is 3.97. The second-order valence-corrected chi connectivity index (χ2v) is 6.26. The van der Waals surface area contributed by atoms with Gasteiger partial charge in [0.25, 0.3) is 11.8 Å². The van der Waals surface area contributed by atoms with E-state index in [1.165, 1.54) is 6.07 Å². The van der Waals surface area contributed by atoms with Crippen LogP contribution in [0.5, 0.6) is 0 Å². The van der Waals surface area contributed by atoms with Gasteiger partial charge in [-0.2, -0.15) is 5.10 Å². The Morgan fingerprint density at radius 1 is 1.43 bits per heavy atom. The van der Waals surface area contributed by atoms with E-state index in [0.29, 0.717) is 14.4 Å². The minimum atomic E-state index is -0.473. The molecule has 0 fully saturated rings. The summed E-state index contributed by atoms with van der Waals surface area (Å²) >= 11 is 12.8. The van der Waals surface area contributed by atoms with Crippen molar-refractivity contribution in [2.75, 3.05) is 5.32 Å². The molecule has 0 unspecified atom stereocenters. The topological polar surface area (TPSA) is 85.8 Å². The van der Waals surface area contributed by atoms with Crippen LogP contribution in [0.2, 0.25) is 8.67 Å². The van der Waals surface area contributed by atoms with Crippen molar-refractivity contribution in [3.05, 3.63) is 32.6 Å². The molecular formula is C11H7Cl2N5O2S. The summed E-state index contributed by atoms with van der Waals surface area (Å²) in [7, 11) is 1.77. The van der Waals surface area contributed by atoms with Gasteiger partial charge in [0, 0.05) is 13.2 Å². The van der Waals surface area contributed by atoms with Gasteiger partial charge in [-0.25, -0.2) is 0 Å². The largest absolute Gasteiger partial charge is 0.401 e. The smallest absolute Gasteiger partial charge is 0.322 e. The first-order chi connectivity index (χ1) is 10.0. The number of thiophene rings is 1. The maximum atomic E-state index is 12.0. The van der Waals surface area contributed by atoms with Crippen LogP contribution in [0.1, 0.15) is 10.4 Å². The van der Waals surface area contributed by atoms with Gasteiger partial charge in [-0.15, -0.1) is 16.4 Å². The molecule has 0 radical (unpaired) electrons. The first-order valence-electron chi connectivity index (χ1n) is 5.62. The zero-order chi connectivity index (χ0) is 15.0. The van der Waals surface area contributed by atoms with Crippen LogP contribution in [0.15, 0.2) is 22.7 Å². The fourth-order valence-corrected chi connectivity index (χ4v) is 3.02. The van der Waals surface area contributed by atoms with Crippen LogP contribution in [0.25, 0.3) is 11.6 Å². The number of anilines is 1. The molecule has 0 atom stereocenters. The van der Waals surface area contributed by atoms with Gasteiger partial charge in [0.1, 0.15) is 10.0 Å².